The number of aromatic nitrogens is 1. The summed E-state index contributed by atoms with van der Waals surface area (Å²) in [7, 11) is 1.60. The monoisotopic (exact) mass is 375 g/mol. The van der Waals surface area contributed by atoms with E-state index in [1.165, 1.54) is 0 Å². The Labute approximate surface area is 158 Å². The van der Waals surface area contributed by atoms with Gasteiger partial charge in [0.05, 0.1) is 13.7 Å². The smallest absolute Gasteiger partial charge is 0.254 e. The van der Waals surface area contributed by atoms with Crippen LogP contribution < -0.4 is 14.4 Å². The first-order valence-corrected chi connectivity index (χ1v) is 9.85. The minimum atomic E-state index is 0.0298. The third-order valence-corrected chi connectivity index (χ3v) is 5.25. The number of carbonyl (C=O) groups excluding carboxylic acids is 1. The topological polar surface area (TPSA) is 54.9 Å². The van der Waals surface area contributed by atoms with Crippen LogP contribution in [0.5, 0.6) is 11.5 Å². The van der Waals surface area contributed by atoms with E-state index in [4.69, 9.17) is 9.47 Å². The molecule has 0 spiro atoms. The molecular weight excluding hydrogens is 350 g/mol. The van der Waals surface area contributed by atoms with Crippen molar-refractivity contribution >= 4 is 22.4 Å². The second kappa shape index (κ2) is 8.89. The average molecular weight is 375 g/mol. The van der Waals surface area contributed by atoms with Gasteiger partial charge in [-0.3, -0.25) is 4.79 Å². The molecule has 0 atom stereocenters. The molecule has 1 aliphatic heterocycles. The van der Waals surface area contributed by atoms with Crippen molar-refractivity contribution in [2.24, 2.45) is 0 Å². The van der Waals surface area contributed by atoms with Crippen LogP contribution in [-0.2, 0) is 0 Å². The van der Waals surface area contributed by atoms with Gasteiger partial charge in [-0.25, -0.2) is 4.98 Å². The van der Waals surface area contributed by atoms with E-state index in [1.807, 2.05) is 28.6 Å². The van der Waals surface area contributed by atoms with Crippen molar-refractivity contribution in [3.05, 3.63) is 35.3 Å². The first-order chi connectivity index (χ1) is 12.7. The molecule has 0 aliphatic carbocycles. The number of thiazole rings is 1. The second-order valence-electron chi connectivity index (χ2n) is 6.16. The molecule has 0 bridgehead atoms. The van der Waals surface area contributed by atoms with E-state index in [0.29, 0.717) is 36.8 Å². The Balaban J connectivity index is 1.62. The SMILES string of the molecule is CCCCOc1ccc(C(=O)N2CCN(c3nccs3)CC2)cc1OC. The van der Waals surface area contributed by atoms with Crippen LogP contribution in [-0.4, -0.2) is 55.7 Å². The van der Waals surface area contributed by atoms with Crippen molar-refractivity contribution in [2.45, 2.75) is 19.8 Å². The van der Waals surface area contributed by atoms with Gasteiger partial charge >= 0.3 is 0 Å². The summed E-state index contributed by atoms with van der Waals surface area (Å²) in [5.74, 6) is 1.32. The minimum Gasteiger partial charge on any atom is -0.493 e. The fourth-order valence-corrected chi connectivity index (χ4v) is 3.60. The van der Waals surface area contributed by atoms with E-state index in [9.17, 15) is 4.79 Å². The van der Waals surface area contributed by atoms with Crippen molar-refractivity contribution in [3.8, 4) is 11.5 Å². The summed E-state index contributed by atoms with van der Waals surface area (Å²) >= 11 is 1.63. The van der Waals surface area contributed by atoms with E-state index in [-0.39, 0.29) is 5.91 Å². The quantitative estimate of drug-likeness (QED) is 0.695. The van der Waals surface area contributed by atoms with Gasteiger partial charge < -0.3 is 19.3 Å². The number of hydrogen-bond donors (Lipinski definition) is 0. The number of rotatable bonds is 7. The number of carbonyl (C=O) groups is 1. The zero-order chi connectivity index (χ0) is 18.4. The standard InChI is InChI=1S/C19H25N3O3S/c1-3-4-12-25-16-6-5-15(14-17(16)24-2)18(23)21-8-10-22(11-9-21)19-20-7-13-26-19/h5-7,13-14H,3-4,8-12H2,1-2H3. The van der Waals surface area contributed by atoms with E-state index in [2.05, 4.69) is 16.8 Å². The summed E-state index contributed by atoms with van der Waals surface area (Å²) in [5, 5.41) is 3.00. The predicted octanol–water partition coefficient (Wildman–Crippen LogP) is 3.29. The molecule has 1 fully saturated rings. The summed E-state index contributed by atoms with van der Waals surface area (Å²) in [6, 6.07) is 5.42. The molecule has 0 N–H and O–H groups in total. The van der Waals surface area contributed by atoms with Crippen LogP contribution in [0.2, 0.25) is 0 Å². The molecule has 1 aliphatic rings. The second-order valence-corrected chi connectivity index (χ2v) is 7.03. The molecule has 2 aromatic rings. The number of anilines is 1. The molecule has 3 rings (SSSR count). The van der Waals surface area contributed by atoms with Gasteiger partial charge in [-0.15, -0.1) is 11.3 Å². The van der Waals surface area contributed by atoms with Crippen LogP contribution >= 0.6 is 11.3 Å². The minimum absolute atomic E-state index is 0.0298. The maximum absolute atomic E-state index is 12.8. The van der Waals surface area contributed by atoms with Crippen molar-refractivity contribution in [1.29, 1.82) is 0 Å². The summed E-state index contributed by atoms with van der Waals surface area (Å²) in [6.07, 6.45) is 3.88. The third kappa shape index (κ3) is 4.27. The van der Waals surface area contributed by atoms with Crippen molar-refractivity contribution in [1.82, 2.24) is 9.88 Å². The van der Waals surface area contributed by atoms with Gasteiger partial charge in [0.25, 0.3) is 5.91 Å². The Hall–Kier alpha value is -2.28. The van der Waals surface area contributed by atoms with Gasteiger partial charge in [0.2, 0.25) is 0 Å². The molecule has 0 saturated carbocycles. The first-order valence-electron chi connectivity index (χ1n) is 8.97. The summed E-state index contributed by atoms with van der Waals surface area (Å²) in [4.78, 5) is 21.3. The molecule has 1 aromatic carbocycles. The number of nitrogens with zero attached hydrogens (tertiary/aromatic N) is 3. The average Bonchev–Trinajstić information content (AvgIpc) is 3.23. The first kappa shape index (κ1) is 18.5. The molecule has 1 saturated heterocycles. The van der Waals surface area contributed by atoms with Crippen LogP contribution in [0.3, 0.4) is 0 Å². The number of unbranched alkanes of at least 4 members (excludes halogenated alkanes) is 1. The van der Waals surface area contributed by atoms with Gasteiger partial charge in [0.15, 0.2) is 16.6 Å². The van der Waals surface area contributed by atoms with Crippen molar-refractivity contribution < 1.29 is 14.3 Å². The van der Waals surface area contributed by atoms with E-state index in [0.717, 1.165) is 31.1 Å². The largest absolute Gasteiger partial charge is 0.493 e. The summed E-state index contributed by atoms with van der Waals surface area (Å²) in [6.45, 7) is 5.75. The fourth-order valence-electron chi connectivity index (χ4n) is 2.90. The Morgan fingerprint density at radius 2 is 2.04 bits per heavy atom. The molecular formula is C19H25N3O3S. The maximum Gasteiger partial charge on any atom is 0.254 e. The number of ether oxygens (including phenoxy) is 2. The lowest BCUT2D eigenvalue weighted by Crippen LogP contribution is -2.48. The van der Waals surface area contributed by atoms with E-state index in [1.54, 1.807) is 24.5 Å². The highest BCUT2D eigenvalue weighted by Crippen LogP contribution is 2.29. The zero-order valence-corrected chi connectivity index (χ0v) is 16.1. The Bertz CT molecular complexity index is 713. The lowest BCUT2D eigenvalue weighted by atomic mass is 10.1. The van der Waals surface area contributed by atoms with Gasteiger partial charge in [0, 0.05) is 43.3 Å². The maximum atomic E-state index is 12.8. The van der Waals surface area contributed by atoms with Gasteiger partial charge in [-0.05, 0) is 24.6 Å². The van der Waals surface area contributed by atoms with Crippen molar-refractivity contribution in [2.75, 3.05) is 44.8 Å². The van der Waals surface area contributed by atoms with Crippen LogP contribution in [0.25, 0.3) is 0 Å². The number of methoxy groups -OCH3 is 1. The molecule has 6 nitrogen and oxygen atoms in total. The number of piperazine rings is 1. The summed E-state index contributed by atoms with van der Waals surface area (Å²) < 4.78 is 11.2. The number of hydrogen-bond acceptors (Lipinski definition) is 6. The molecule has 26 heavy (non-hydrogen) atoms. The number of amides is 1. The molecule has 140 valence electrons. The van der Waals surface area contributed by atoms with Crippen LogP contribution in [0.1, 0.15) is 30.1 Å². The third-order valence-electron chi connectivity index (χ3n) is 4.42. The van der Waals surface area contributed by atoms with Crippen molar-refractivity contribution in [3.63, 3.8) is 0 Å². The highest BCUT2D eigenvalue weighted by atomic mass is 32.1. The van der Waals surface area contributed by atoms with Crippen LogP contribution in [0.15, 0.2) is 29.8 Å². The summed E-state index contributed by atoms with van der Waals surface area (Å²) in [5.41, 5.74) is 0.632. The number of benzene rings is 1. The lowest BCUT2D eigenvalue weighted by Gasteiger charge is -2.34. The molecule has 2 heterocycles. The predicted molar refractivity (Wildman–Crippen MR) is 104 cm³/mol. The molecule has 1 amide bonds. The fraction of sp³-hybridized carbons (Fsp3) is 0.474. The highest BCUT2D eigenvalue weighted by Gasteiger charge is 2.24. The molecule has 0 radical (unpaired) electrons. The zero-order valence-electron chi connectivity index (χ0n) is 15.3. The Morgan fingerprint density at radius 1 is 1.23 bits per heavy atom. The Kier molecular flexibility index (Phi) is 6.33. The van der Waals surface area contributed by atoms with Gasteiger partial charge in [-0.2, -0.15) is 0 Å². The van der Waals surface area contributed by atoms with E-state index >= 15 is 0 Å². The highest BCUT2D eigenvalue weighted by molar-refractivity contribution is 7.13. The molecule has 0 unspecified atom stereocenters. The van der Waals surface area contributed by atoms with E-state index < -0.39 is 0 Å². The molecule has 7 heteroatoms. The van der Waals surface area contributed by atoms with Gasteiger partial charge in [-0.1, -0.05) is 13.3 Å². The lowest BCUT2D eigenvalue weighted by molar-refractivity contribution is 0.0746. The molecule has 1 aromatic heterocycles. The van der Waals surface area contributed by atoms with Gasteiger partial charge in [0.1, 0.15) is 0 Å². The van der Waals surface area contributed by atoms with Crippen LogP contribution in [0, 0.1) is 0 Å². The van der Waals surface area contributed by atoms with Crippen LogP contribution in [0.4, 0.5) is 5.13 Å². The normalized spacial score (nSPS) is 14.4. The Morgan fingerprint density at radius 3 is 2.69 bits per heavy atom.